The van der Waals surface area contributed by atoms with Crippen molar-refractivity contribution in [3.05, 3.63) is 59.8 Å². The van der Waals surface area contributed by atoms with Crippen LogP contribution in [0.3, 0.4) is 0 Å². The van der Waals surface area contributed by atoms with Crippen molar-refractivity contribution in [2.24, 2.45) is 0 Å². The van der Waals surface area contributed by atoms with E-state index in [9.17, 15) is 9.59 Å². The van der Waals surface area contributed by atoms with Gasteiger partial charge in [-0.15, -0.1) is 0 Å². The largest absolute Gasteiger partial charge is 0.385 e. The summed E-state index contributed by atoms with van der Waals surface area (Å²) >= 11 is 1.30. The van der Waals surface area contributed by atoms with Gasteiger partial charge in [-0.1, -0.05) is 18.2 Å². The first-order valence-electron chi connectivity index (χ1n) is 8.22. The van der Waals surface area contributed by atoms with Crippen LogP contribution < -0.4 is 10.6 Å². The van der Waals surface area contributed by atoms with Gasteiger partial charge in [-0.05, 0) is 48.3 Å². The summed E-state index contributed by atoms with van der Waals surface area (Å²) in [7, 11) is 1.63. The Kier molecular flexibility index (Phi) is 5.93. The number of nitrogens with zero attached hydrogens (tertiary/aromatic N) is 1. The Bertz CT molecular complexity index is 906. The molecule has 3 rings (SSSR count). The highest BCUT2D eigenvalue weighted by Gasteiger charge is 2.14. The Morgan fingerprint density at radius 3 is 2.62 bits per heavy atom. The fourth-order valence-corrected chi connectivity index (χ4v) is 3.24. The van der Waals surface area contributed by atoms with Crippen LogP contribution in [0.25, 0.3) is 10.1 Å². The number of nitrogens with one attached hydrogen (secondary N) is 2. The number of rotatable bonds is 7. The normalized spacial score (nSPS) is 10.7. The molecule has 2 aromatic carbocycles. The van der Waals surface area contributed by atoms with Gasteiger partial charge in [0.15, 0.2) is 0 Å². The molecule has 0 radical (unpaired) electrons. The van der Waals surface area contributed by atoms with E-state index < -0.39 is 0 Å². The Labute approximate surface area is 155 Å². The third kappa shape index (κ3) is 4.25. The van der Waals surface area contributed by atoms with Gasteiger partial charge in [0, 0.05) is 36.9 Å². The minimum Gasteiger partial charge on any atom is -0.385 e. The van der Waals surface area contributed by atoms with Crippen LogP contribution in [0, 0.1) is 0 Å². The van der Waals surface area contributed by atoms with E-state index in [1.165, 1.54) is 11.5 Å². The van der Waals surface area contributed by atoms with Gasteiger partial charge < -0.3 is 15.4 Å². The van der Waals surface area contributed by atoms with Gasteiger partial charge in [0.05, 0.1) is 4.70 Å². The number of hydrogen-bond donors (Lipinski definition) is 2. The molecular weight excluding hydrogens is 350 g/mol. The van der Waals surface area contributed by atoms with Gasteiger partial charge in [-0.25, -0.2) is 0 Å². The molecule has 0 atom stereocenters. The van der Waals surface area contributed by atoms with Crippen LogP contribution in [0.15, 0.2) is 48.5 Å². The molecule has 134 valence electrons. The second-order valence-electron chi connectivity index (χ2n) is 5.66. The fraction of sp³-hybridized carbons (Fsp3) is 0.211. The van der Waals surface area contributed by atoms with E-state index in [-0.39, 0.29) is 11.8 Å². The van der Waals surface area contributed by atoms with Crippen LogP contribution in [0.2, 0.25) is 0 Å². The van der Waals surface area contributed by atoms with Crippen LogP contribution in [-0.4, -0.2) is 36.4 Å². The van der Waals surface area contributed by atoms with Crippen molar-refractivity contribution in [2.45, 2.75) is 6.42 Å². The maximum Gasteiger partial charge on any atom is 0.276 e. The number of hydrogen-bond acceptors (Lipinski definition) is 5. The standard InChI is InChI=1S/C19H19N3O3S/c1-25-12-4-11-20-18(23)13-7-9-14(10-8-13)21-19(24)17-15-5-2-3-6-16(15)26-22-17/h2-3,5-10H,4,11-12H2,1H3,(H,20,23)(H,21,24). The quantitative estimate of drug-likeness (QED) is 0.626. The van der Waals surface area contributed by atoms with Gasteiger partial charge in [-0.3, -0.25) is 9.59 Å². The number of fused-ring (bicyclic) bond motifs is 1. The average molecular weight is 369 g/mol. The molecule has 0 saturated carbocycles. The second kappa shape index (κ2) is 8.55. The topological polar surface area (TPSA) is 80.3 Å². The number of methoxy groups -OCH3 is 1. The molecule has 1 heterocycles. The van der Waals surface area contributed by atoms with E-state index in [1.807, 2.05) is 24.3 Å². The SMILES string of the molecule is COCCCNC(=O)c1ccc(NC(=O)c2nsc3ccccc23)cc1. The summed E-state index contributed by atoms with van der Waals surface area (Å²) in [6, 6.07) is 14.4. The zero-order chi connectivity index (χ0) is 18.4. The molecule has 2 amide bonds. The van der Waals surface area contributed by atoms with Crippen molar-refractivity contribution in [1.82, 2.24) is 9.69 Å². The van der Waals surface area contributed by atoms with Crippen molar-refractivity contribution in [3.8, 4) is 0 Å². The number of anilines is 1. The molecule has 7 heteroatoms. The van der Waals surface area contributed by atoms with Crippen molar-refractivity contribution in [3.63, 3.8) is 0 Å². The van der Waals surface area contributed by atoms with Crippen LogP contribution in [0.4, 0.5) is 5.69 Å². The molecular formula is C19H19N3O3S. The minimum absolute atomic E-state index is 0.149. The summed E-state index contributed by atoms with van der Waals surface area (Å²) in [6.45, 7) is 1.17. The van der Waals surface area contributed by atoms with E-state index in [4.69, 9.17) is 4.74 Å². The number of ether oxygens (including phenoxy) is 1. The van der Waals surface area contributed by atoms with E-state index in [0.717, 1.165) is 16.5 Å². The maximum atomic E-state index is 12.5. The monoisotopic (exact) mass is 369 g/mol. The Morgan fingerprint density at radius 2 is 1.85 bits per heavy atom. The number of carbonyl (C=O) groups excluding carboxylic acids is 2. The lowest BCUT2D eigenvalue weighted by molar-refractivity contribution is 0.0948. The Hall–Kier alpha value is -2.77. The number of benzene rings is 2. The molecule has 6 nitrogen and oxygen atoms in total. The highest BCUT2D eigenvalue weighted by Crippen LogP contribution is 2.23. The number of amides is 2. The van der Waals surface area contributed by atoms with E-state index in [1.54, 1.807) is 31.4 Å². The van der Waals surface area contributed by atoms with Crippen LogP contribution in [0.1, 0.15) is 27.3 Å². The summed E-state index contributed by atoms with van der Waals surface area (Å²) in [4.78, 5) is 24.5. The molecule has 0 unspecified atom stereocenters. The molecule has 0 aliphatic carbocycles. The summed E-state index contributed by atoms with van der Waals surface area (Å²) in [6.07, 6.45) is 0.762. The zero-order valence-electron chi connectivity index (χ0n) is 14.3. The lowest BCUT2D eigenvalue weighted by atomic mass is 10.1. The van der Waals surface area contributed by atoms with Crippen molar-refractivity contribution in [1.29, 1.82) is 0 Å². The minimum atomic E-state index is -0.265. The van der Waals surface area contributed by atoms with E-state index >= 15 is 0 Å². The molecule has 0 saturated heterocycles. The molecule has 2 N–H and O–H groups in total. The van der Waals surface area contributed by atoms with E-state index in [0.29, 0.717) is 30.1 Å². The highest BCUT2D eigenvalue weighted by molar-refractivity contribution is 7.13. The van der Waals surface area contributed by atoms with Crippen LogP contribution in [-0.2, 0) is 4.74 Å². The molecule has 1 aromatic heterocycles. The first-order chi connectivity index (χ1) is 12.7. The van der Waals surface area contributed by atoms with Crippen LogP contribution in [0.5, 0.6) is 0 Å². The first-order valence-corrected chi connectivity index (χ1v) is 8.99. The predicted octanol–water partition coefficient (Wildman–Crippen LogP) is 3.31. The third-order valence-corrected chi connectivity index (χ3v) is 4.63. The molecule has 3 aromatic rings. The summed E-state index contributed by atoms with van der Waals surface area (Å²) in [5.74, 6) is -0.413. The molecule has 0 bridgehead atoms. The lowest BCUT2D eigenvalue weighted by Crippen LogP contribution is -2.25. The van der Waals surface area contributed by atoms with Gasteiger partial charge >= 0.3 is 0 Å². The van der Waals surface area contributed by atoms with Crippen molar-refractivity contribution < 1.29 is 14.3 Å². The summed E-state index contributed by atoms with van der Waals surface area (Å²) in [5.41, 5.74) is 1.56. The molecule has 0 fully saturated rings. The Morgan fingerprint density at radius 1 is 1.08 bits per heavy atom. The zero-order valence-corrected chi connectivity index (χ0v) is 15.1. The average Bonchev–Trinajstić information content (AvgIpc) is 3.10. The second-order valence-corrected chi connectivity index (χ2v) is 6.47. The van der Waals surface area contributed by atoms with Crippen LogP contribution >= 0.6 is 11.5 Å². The third-order valence-electron chi connectivity index (χ3n) is 3.81. The summed E-state index contributed by atoms with van der Waals surface area (Å²) < 4.78 is 10.2. The van der Waals surface area contributed by atoms with Gasteiger partial charge in [-0.2, -0.15) is 4.37 Å². The smallest absolute Gasteiger partial charge is 0.276 e. The maximum absolute atomic E-state index is 12.5. The molecule has 0 spiro atoms. The van der Waals surface area contributed by atoms with Gasteiger partial charge in [0.25, 0.3) is 11.8 Å². The van der Waals surface area contributed by atoms with E-state index in [2.05, 4.69) is 15.0 Å². The lowest BCUT2D eigenvalue weighted by Gasteiger charge is -2.07. The number of aromatic nitrogens is 1. The summed E-state index contributed by atoms with van der Waals surface area (Å²) in [5, 5.41) is 6.48. The molecule has 26 heavy (non-hydrogen) atoms. The highest BCUT2D eigenvalue weighted by atomic mass is 32.1. The van der Waals surface area contributed by atoms with Crippen molar-refractivity contribution in [2.75, 3.05) is 25.6 Å². The number of carbonyl (C=O) groups is 2. The fourth-order valence-electron chi connectivity index (χ4n) is 2.47. The first kappa shape index (κ1) is 18.0. The predicted molar refractivity (Wildman–Crippen MR) is 103 cm³/mol. The molecule has 0 aliphatic rings. The van der Waals surface area contributed by atoms with Gasteiger partial charge in [0.1, 0.15) is 5.69 Å². The Balaban J connectivity index is 1.62. The van der Waals surface area contributed by atoms with Crippen molar-refractivity contribution >= 4 is 39.1 Å². The molecule has 0 aliphatic heterocycles. The van der Waals surface area contributed by atoms with Gasteiger partial charge in [0.2, 0.25) is 0 Å².